The number of carboxylic acids is 1. The van der Waals surface area contributed by atoms with Crippen molar-refractivity contribution in [3.63, 3.8) is 0 Å². The van der Waals surface area contributed by atoms with E-state index in [1.54, 1.807) is 0 Å². The third-order valence-corrected chi connectivity index (χ3v) is 3.41. The average molecular weight is 227 g/mol. The van der Waals surface area contributed by atoms with Gasteiger partial charge in [-0.05, 0) is 46.0 Å². The zero-order chi connectivity index (χ0) is 12.3. The fraction of sp³-hybridized carbons (Fsp3) is 0.923. The van der Waals surface area contributed by atoms with Crippen LogP contribution in [0.2, 0.25) is 0 Å². The monoisotopic (exact) mass is 227 g/mol. The van der Waals surface area contributed by atoms with Crippen molar-refractivity contribution in [3.05, 3.63) is 0 Å². The summed E-state index contributed by atoms with van der Waals surface area (Å²) < 4.78 is 0. The molecule has 0 aromatic rings. The molecule has 1 aliphatic rings. The van der Waals surface area contributed by atoms with Gasteiger partial charge in [0.25, 0.3) is 0 Å². The lowest BCUT2D eigenvalue weighted by atomic mass is 9.98. The average Bonchev–Trinajstić information content (AvgIpc) is 2.92. The molecule has 0 radical (unpaired) electrons. The second-order valence-corrected chi connectivity index (χ2v) is 5.82. The Bertz CT molecular complexity index is 241. The zero-order valence-corrected chi connectivity index (χ0v) is 11.0. The molecule has 0 bridgehead atoms. The van der Waals surface area contributed by atoms with E-state index < -0.39 is 5.97 Å². The van der Waals surface area contributed by atoms with E-state index in [1.165, 1.54) is 12.8 Å². The second-order valence-electron chi connectivity index (χ2n) is 5.82. The third-order valence-electron chi connectivity index (χ3n) is 3.41. The molecule has 1 unspecified atom stereocenters. The second kappa shape index (κ2) is 5.17. The van der Waals surface area contributed by atoms with Gasteiger partial charge in [-0.2, -0.15) is 0 Å². The first-order valence-corrected chi connectivity index (χ1v) is 6.34. The molecule has 0 heterocycles. The minimum absolute atomic E-state index is 0.0682. The molecule has 1 fully saturated rings. The maximum absolute atomic E-state index is 10.7. The molecule has 1 N–H and O–H groups in total. The molecule has 0 saturated heterocycles. The Balaban J connectivity index is 2.64. The summed E-state index contributed by atoms with van der Waals surface area (Å²) in [6, 6.07) is 0.569. The SMILES string of the molecule is CCC(C1CC1)N(CCC(=O)O)C(C)(C)C. The fourth-order valence-corrected chi connectivity index (χ4v) is 2.50. The van der Waals surface area contributed by atoms with Crippen LogP contribution >= 0.6 is 0 Å². The predicted molar refractivity (Wildman–Crippen MR) is 65.5 cm³/mol. The molecule has 0 aromatic carbocycles. The molecule has 0 aromatic heterocycles. The van der Waals surface area contributed by atoms with E-state index in [4.69, 9.17) is 5.11 Å². The summed E-state index contributed by atoms with van der Waals surface area (Å²) in [5.41, 5.74) is 0.0682. The highest BCUT2D eigenvalue weighted by molar-refractivity contribution is 5.66. The van der Waals surface area contributed by atoms with Crippen LogP contribution in [0.15, 0.2) is 0 Å². The van der Waals surface area contributed by atoms with Gasteiger partial charge in [0.15, 0.2) is 0 Å². The molecule has 1 atom stereocenters. The Morgan fingerprint density at radius 3 is 2.31 bits per heavy atom. The van der Waals surface area contributed by atoms with Crippen molar-refractivity contribution in [2.24, 2.45) is 5.92 Å². The van der Waals surface area contributed by atoms with Crippen LogP contribution in [0.5, 0.6) is 0 Å². The van der Waals surface area contributed by atoms with Crippen molar-refractivity contribution in [2.45, 2.75) is 65.0 Å². The first kappa shape index (κ1) is 13.5. The van der Waals surface area contributed by atoms with Crippen molar-refractivity contribution in [2.75, 3.05) is 6.54 Å². The van der Waals surface area contributed by atoms with Gasteiger partial charge >= 0.3 is 5.97 Å². The van der Waals surface area contributed by atoms with Crippen molar-refractivity contribution in [1.29, 1.82) is 0 Å². The molecule has 1 saturated carbocycles. The molecular formula is C13H25NO2. The summed E-state index contributed by atoms with van der Waals surface area (Å²) in [7, 11) is 0. The predicted octanol–water partition coefficient (Wildman–Crippen LogP) is 2.75. The fourth-order valence-electron chi connectivity index (χ4n) is 2.50. The maximum atomic E-state index is 10.7. The van der Waals surface area contributed by atoms with Gasteiger partial charge in [-0.15, -0.1) is 0 Å². The number of hydrogen-bond acceptors (Lipinski definition) is 2. The van der Waals surface area contributed by atoms with Crippen molar-refractivity contribution in [1.82, 2.24) is 4.90 Å². The van der Waals surface area contributed by atoms with Gasteiger partial charge in [-0.1, -0.05) is 6.92 Å². The third kappa shape index (κ3) is 3.78. The summed E-state index contributed by atoms with van der Waals surface area (Å²) in [5, 5.41) is 8.81. The van der Waals surface area contributed by atoms with E-state index in [0.29, 0.717) is 12.6 Å². The Morgan fingerprint density at radius 1 is 1.44 bits per heavy atom. The number of aliphatic carboxylic acids is 1. The first-order valence-electron chi connectivity index (χ1n) is 6.34. The summed E-state index contributed by atoms with van der Waals surface area (Å²) in [4.78, 5) is 13.1. The van der Waals surface area contributed by atoms with Gasteiger partial charge in [-0.25, -0.2) is 0 Å². The van der Waals surface area contributed by atoms with Crippen molar-refractivity contribution >= 4 is 5.97 Å². The molecule has 1 aliphatic carbocycles. The van der Waals surface area contributed by atoms with Crippen molar-refractivity contribution < 1.29 is 9.90 Å². The number of carbonyl (C=O) groups is 1. The maximum Gasteiger partial charge on any atom is 0.304 e. The molecule has 0 amide bonds. The van der Waals surface area contributed by atoms with E-state index in [9.17, 15) is 4.79 Å². The summed E-state index contributed by atoms with van der Waals surface area (Å²) in [6.45, 7) is 9.43. The Morgan fingerprint density at radius 2 is 2.00 bits per heavy atom. The highest BCUT2D eigenvalue weighted by atomic mass is 16.4. The smallest absolute Gasteiger partial charge is 0.304 e. The lowest BCUT2D eigenvalue weighted by Gasteiger charge is -2.41. The highest BCUT2D eigenvalue weighted by Gasteiger charge is 2.38. The molecule has 3 heteroatoms. The van der Waals surface area contributed by atoms with Crippen LogP contribution in [-0.4, -0.2) is 34.1 Å². The lowest BCUT2D eigenvalue weighted by molar-refractivity contribution is -0.137. The number of hydrogen-bond donors (Lipinski definition) is 1. The van der Waals surface area contributed by atoms with E-state index in [2.05, 4.69) is 32.6 Å². The Hall–Kier alpha value is -0.570. The summed E-state index contributed by atoms with van der Waals surface area (Å²) in [5.74, 6) is 0.109. The normalized spacial score (nSPS) is 18.8. The van der Waals surface area contributed by atoms with E-state index in [1.807, 2.05) is 0 Å². The molecule has 0 spiro atoms. The molecule has 3 nitrogen and oxygen atoms in total. The number of nitrogens with zero attached hydrogens (tertiary/aromatic N) is 1. The van der Waals surface area contributed by atoms with Crippen molar-refractivity contribution in [3.8, 4) is 0 Å². The van der Waals surface area contributed by atoms with Gasteiger partial charge in [-0.3, -0.25) is 9.69 Å². The van der Waals surface area contributed by atoms with Crippen LogP contribution in [0.3, 0.4) is 0 Å². The van der Waals surface area contributed by atoms with E-state index in [0.717, 1.165) is 12.3 Å². The lowest BCUT2D eigenvalue weighted by Crippen LogP contribution is -2.49. The van der Waals surface area contributed by atoms with Gasteiger partial charge < -0.3 is 5.11 Å². The Labute approximate surface area is 98.8 Å². The highest BCUT2D eigenvalue weighted by Crippen LogP contribution is 2.39. The van der Waals surface area contributed by atoms with Gasteiger partial charge in [0, 0.05) is 18.1 Å². The van der Waals surface area contributed by atoms with E-state index >= 15 is 0 Å². The minimum Gasteiger partial charge on any atom is -0.481 e. The molecule has 16 heavy (non-hydrogen) atoms. The van der Waals surface area contributed by atoms with Crippen LogP contribution in [-0.2, 0) is 4.79 Å². The van der Waals surface area contributed by atoms with Crippen LogP contribution in [0.1, 0.15) is 53.4 Å². The number of carboxylic acid groups (broad SMARTS) is 1. The van der Waals surface area contributed by atoms with Gasteiger partial charge in [0.1, 0.15) is 0 Å². The summed E-state index contributed by atoms with van der Waals surface area (Å²) in [6.07, 6.45) is 4.01. The molecule has 1 rings (SSSR count). The Kier molecular flexibility index (Phi) is 4.36. The standard InChI is InChI=1S/C13H25NO2/c1-5-11(10-6-7-10)14(13(2,3)4)9-8-12(15)16/h10-11H,5-9H2,1-4H3,(H,15,16). The largest absolute Gasteiger partial charge is 0.481 e. The van der Waals surface area contributed by atoms with E-state index in [-0.39, 0.29) is 12.0 Å². The van der Waals surface area contributed by atoms with Crippen LogP contribution in [0.4, 0.5) is 0 Å². The molecular weight excluding hydrogens is 202 g/mol. The quantitative estimate of drug-likeness (QED) is 0.758. The zero-order valence-electron chi connectivity index (χ0n) is 11.0. The van der Waals surface area contributed by atoms with Crippen LogP contribution < -0.4 is 0 Å². The molecule has 94 valence electrons. The summed E-state index contributed by atoms with van der Waals surface area (Å²) >= 11 is 0. The van der Waals surface area contributed by atoms with Gasteiger partial charge in [0.2, 0.25) is 0 Å². The van der Waals surface area contributed by atoms with Crippen LogP contribution in [0, 0.1) is 5.92 Å². The van der Waals surface area contributed by atoms with Crippen LogP contribution in [0.25, 0.3) is 0 Å². The topological polar surface area (TPSA) is 40.5 Å². The number of rotatable bonds is 6. The minimum atomic E-state index is -0.695. The molecule has 0 aliphatic heterocycles. The van der Waals surface area contributed by atoms with Gasteiger partial charge in [0.05, 0.1) is 6.42 Å². The first-order chi connectivity index (χ1) is 7.36.